The van der Waals surface area contributed by atoms with E-state index in [2.05, 4.69) is 0 Å². The third-order valence-electron chi connectivity index (χ3n) is 2.21. The van der Waals surface area contributed by atoms with Crippen LogP contribution in [0.3, 0.4) is 0 Å². The molecule has 0 saturated carbocycles. The van der Waals surface area contributed by atoms with Gasteiger partial charge in [-0.05, 0) is 25.1 Å². The van der Waals surface area contributed by atoms with Crippen molar-refractivity contribution in [1.82, 2.24) is 4.90 Å². The molecule has 1 aromatic carbocycles. The first-order valence-corrected chi connectivity index (χ1v) is 6.15. The van der Waals surface area contributed by atoms with E-state index in [0.29, 0.717) is 15.8 Å². The Morgan fingerprint density at radius 3 is 2.72 bits per heavy atom. The minimum absolute atomic E-state index is 0.134. The van der Waals surface area contributed by atoms with Crippen LogP contribution in [0.1, 0.15) is 6.92 Å². The number of amides is 1. The second kappa shape index (κ2) is 6.83. The molecule has 0 heterocycles. The lowest BCUT2D eigenvalue weighted by Gasteiger charge is -2.19. The topological polar surface area (TPSA) is 49.8 Å². The normalized spacial score (nSPS) is 12.1. The van der Waals surface area contributed by atoms with Gasteiger partial charge in [0.05, 0.1) is 11.1 Å². The van der Waals surface area contributed by atoms with Crippen LogP contribution in [0.5, 0.6) is 5.75 Å². The Labute approximate surface area is 116 Å². The molecule has 1 amide bonds. The van der Waals surface area contributed by atoms with E-state index < -0.39 is 6.10 Å². The number of likely N-dealkylation sites (N-methyl/N-ethyl adjacent to an activating group) is 1. The molecule has 0 aliphatic heterocycles. The summed E-state index contributed by atoms with van der Waals surface area (Å²) in [6, 6.07) is 4.78. The standard InChI is InChI=1S/C12H15Cl2NO3/c1-8(16)6-15(2)12(17)7-18-11-4-3-9(13)5-10(11)14/h3-5,8,16H,6-7H2,1-2H3. The number of hydrogen-bond acceptors (Lipinski definition) is 3. The number of hydrogen-bond donors (Lipinski definition) is 1. The van der Waals surface area contributed by atoms with Gasteiger partial charge in [0.15, 0.2) is 6.61 Å². The first kappa shape index (κ1) is 15.1. The van der Waals surface area contributed by atoms with Crippen LogP contribution in [0.2, 0.25) is 10.0 Å². The second-order valence-corrected chi connectivity index (χ2v) is 4.83. The minimum atomic E-state index is -0.571. The summed E-state index contributed by atoms with van der Waals surface area (Å²) in [6.45, 7) is 1.74. The summed E-state index contributed by atoms with van der Waals surface area (Å²) in [4.78, 5) is 13.0. The predicted molar refractivity (Wildman–Crippen MR) is 71.3 cm³/mol. The number of aliphatic hydroxyl groups is 1. The average Bonchev–Trinajstić information content (AvgIpc) is 2.26. The molecule has 100 valence electrons. The molecule has 0 saturated heterocycles. The monoisotopic (exact) mass is 291 g/mol. The molecule has 0 aliphatic rings. The Kier molecular flexibility index (Phi) is 5.72. The Morgan fingerprint density at radius 1 is 1.50 bits per heavy atom. The van der Waals surface area contributed by atoms with Crippen LogP contribution in [-0.4, -0.2) is 42.2 Å². The van der Waals surface area contributed by atoms with E-state index in [-0.39, 0.29) is 19.1 Å². The van der Waals surface area contributed by atoms with E-state index in [4.69, 9.17) is 33.0 Å². The Morgan fingerprint density at radius 2 is 2.17 bits per heavy atom. The summed E-state index contributed by atoms with van der Waals surface area (Å²) in [6.07, 6.45) is -0.571. The number of carbonyl (C=O) groups is 1. The van der Waals surface area contributed by atoms with Crippen LogP contribution >= 0.6 is 23.2 Å². The van der Waals surface area contributed by atoms with Crippen LogP contribution in [0.25, 0.3) is 0 Å². The lowest BCUT2D eigenvalue weighted by atomic mass is 10.3. The Balaban J connectivity index is 2.52. The lowest BCUT2D eigenvalue weighted by molar-refractivity contribution is -0.133. The van der Waals surface area contributed by atoms with Crippen LogP contribution in [0.4, 0.5) is 0 Å². The van der Waals surface area contributed by atoms with Gasteiger partial charge in [0.1, 0.15) is 5.75 Å². The third-order valence-corrected chi connectivity index (χ3v) is 2.74. The highest BCUT2D eigenvalue weighted by atomic mass is 35.5. The molecule has 6 heteroatoms. The van der Waals surface area contributed by atoms with Crippen molar-refractivity contribution in [3.63, 3.8) is 0 Å². The molecule has 1 aromatic rings. The van der Waals surface area contributed by atoms with Crippen LogP contribution < -0.4 is 4.74 Å². The molecule has 18 heavy (non-hydrogen) atoms. The summed E-state index contributed by atoms with van der Waals surface area (Å²) >= 11 is 11.6. The van der Waals surface area contributed by atoms with Crippen molar-refractivity contribution in [2.75, 3.05) is 20.2 Å². The van der Waals surface area contributed by atoms with Gasteiger partial charge in [0, 0.05) is 18.6 Å². The molecule has 1 atom stereocenters. The summed E-state index contributed by atoms with van der Waals surface area (Å²) < 4.78 is 5.29. The van der Waals surface area contributed by atoms with Crippen molar-refractivity contribution in [2.45, 2.75) is 13.0 Å². The fraction of sp³-hybridized carbons (Fsp3) is 0.417. The van der Waals surface area contributed by atoms with Crippen molar-refractivity contribution >= 4 is 29.1 Å². The largest absolute Gasteiger partial charge is 0.482 e. The highest BCUT2D eigenvalue weighted by molar-refractivity contribution is 6.35. The number of carbonyl (C=O) groups excluding carboxylic acids is 1. The van der Waals surface area contributed by atoms with Gasteiger partial charge in [-0.1, -0.05) is 23.2 Å². The Hall–Kier alpha value is -0.970. The molecule has 0 bridgehead atoms. The lowest BCUT2D eigenvalue weighted by Crippen LogP contribution is -2.36. The summed E-state index contributed by atoms with van der Waals surface area (Å²) in [5.41, 5.74) is 0. The van der Waals surface area contributed by atoms with Gasteiger partial charge in [-0.2, -0.15) is 0 Å². The summed E-state index contributed by atoms with van der Waals surface area (Å²) in [5.74, 6) is 0.168. The zero-order valence-electron chi connectivity index (χ0n) is 10.2. The second-order valence-electron chi connectivity index (χ2n) is 3.99. The number of benzene rings is 1. The van der Waals surface area contributed by atoms with E-state index in [1.807, 2.05) is 0 Å². The van der Waals surface area contributed by atoms with E-state index in [1.165, 1.54) is 4.90 Å². The number of ether oxygens (including phenoxy) is 1. The number of halogens is 2. The number of nitrogens with zero attached hydrogens (tertiary/aromatic N) is 1. The maximum absolute atomic E-state index is 11.7. The van der Waals surface area contributed by atoms with Gasteiger partial charge in [-0.3, -0.25) is 4.79 Å². The first-order valence-electron chi connectivity index (χ1n) is 5.40. The highest BCUT2D eigenvalue weighted by Crippen LogP contribution is 2.27. The van der Waals surface area contributed by atoms with Gasteiger partial charge in [0.25, 0.3) is 5.91 Å². The smallest absolute Gasteiger partial charge is 0.260 e. The average molecular weight is 292 g/mol. The van der Waals surface area contributed by atoms with Gasteiger partial charge < -0.3 is 14.7 Å². The molecule has 1 N–H and O–H groups in total. The maximum atomic E-state index is 11.7. The van der Waals surface area contributed by atoms with Crippen LogP contribution in [0, 0.1) is 0 Å². The Bertz CT molecular complexity index is 424. The highest BCUT2D eigenvalue weighted by Gasteiger charge is 2.12. The molecule has 1 rings (SSSR count). The zero-order valence-corrected chi connectivity index (χ0v) is 11.7. The molecule has 0 radical (unpaired) electrons. The van der Waals surface area contributed by atoms with E-state index in [1.54, 1.807) is 32.2 Å². The molecular weight excluding hydrogens is 277 g/mol. The molecule has 0 fully saturated rings. The third kappa shape index (κ3) is 4.72. The fourth-order valence-corrected chi connectivity index (χ4v) is 1.80. The van der Waals surface area contributed by atoms with Gasteiger partial charge in [-0.15, -0.1) is 0 Å². The maximum Gasteiger partial charge on any atom is 0.260 e. The molecular formula is C12H15Cl2NO3. The van der Waals surface area contributed by atoms with Gasteiger partial charge in [0.2, 0.25) is 0 Å². The van der Waals surface area contributed by atoms with Gasteiger partial charge >= 0.3 is 0 Å². The first-order chi connectivity index (χ1) is 8.40. The summed E-state index contributed by atoms with van der Waals surface area (Å²) in [5, 5.41) is 10.0. The zero-order chi connectivity index (χ0) is 13.7. The number of aliphatic hydroxyl groups excluding tert-OH is 1. The molecule has 4 nitrogen and oxygen atoms in total. The minimum Gasteiger partial charge on any atom is -0.482 e. The number of rotatable bonds is 5. The van der Waals surface area contributed by atoms with Crippen molar-refractivity contribution in [2.24, 2.45) is 0 Å². The quantitative estimate of drug-likeness (QED) is 0.905. The molecule has 0 aliphatic carbocycles. The van der Waals surface area contributed by atoms with Crippen LogP contribution in [-0.2, 0) is 4.79 Å². The molecule has 1 unspecified atom stereocenters. The van der Waals surface area contributed by atoms with Crippen molar-refractivity contribution in [3.8, 4) is 5.75 Å². The van der Waals surface area contributed by atoms with Gasteiger partial charge in [-0.25, -0.2) is 0 Å². The SMILES string of the molecule is CC(O)CN(C)C(=O)COc1ccc(Cl)cc1Cl. The van der Waals surface area contributed by atoms with Crippen molar-refractivity contribution in [3.05, 3.63) is 28.2 Å². The molecule has 0 spiro atoms. The van der Waals surface area contributed by atoms with Crippen molar-refractivity contribution < 1.29 is 14.6 Å². The van der Waals surface area contributed by atoms with E-state index in [0.717, 1.165) is 0 Å². The van der Waals surface area contributed by atoms with Crippen LogP contribution in [0.15, 0.2) is 18.2 Å². The fourth-order valence-electron chi connectivity index (χ4n) is 1.34. The van der Waals surface area contributed by atoms with E-state index in [9.17, 15) is 4.79 Å². The van der Waals surface area contributed by atoms with E-state index >= 15 is 0 Å². The predicted octanol–water partition coefficient (Wildman–Crippen LogP) is 2.21. The molecule has 0 aromatic heterocycles. The summed E-state index contributed by atoms with van der Waals surface area (Å²) in [7, 11) is 1.60. The van der Waals surface area contributed by atoms with Crippen molar-refractivity contribution in [1.29, 1.82) is 0 Å².